The molecule has 0 aromatic heterocycles. The van der Waals surface area contributed by atoms with E-state index in [1.807, 2.05) is 24.3 Å². The lowest BCUT2D eigenvalue weighted by atomic mass is 9.70. The number of rotatable bonds is 2. The second-order valence-corrected chi connectivity index (χ2v) is 6.66. The molecule has 27 heavy (non-hydrogen) atoms. The van der Waals surface area contributed by atoms with Crippen LogP contribution in [0.25, 0.3) is 6.08 Å². The van der Waals surface area contributed by atoms with E-state index in [0.717, 1.165) is 5.56 Å². The van der Waals surface area contributed by atoms with Crippen molar-refractivity contribution in [2.75, 3.05) is 4.90 Å². The number of fused-ring (bicyclic) bond motifs is 3. The number of carbonyl (C=O) groups excluding carboxylic acids is 1. The number of anilines is 1. The number of nitrogens with zero attached hydrogens (tertiary/aromatic N) is 3. The van der Waals surface area contributed by atoms with Gasteiger partial charge in [-0.25, -0.2) is 4.39 Å². The maximum atomic E-state index is 13.9. The van der Waals surface area contributed by atoms with Crippen LogP contribution in [0.2, 0.25) is 0 Å². The van der Waals surface area contributed by atoms with Crippen molar-refractivity contribution >= 4 is 17.7 Å². The van der Waals surface area contributed by atoms with Gasteiger partial charge in [-0.1, -0.05) is 42.5 Å². The van der Waals surface area contributed by atoms with E-state index in [4.69, 9.17) is 0 Å². The highest BCUT2D eigenvalue weighted by Gasteiger charge is 2.61. The first-order valence-electron chi connectivity index (χ1n) is 8.38. The van der Waals surface area contributed by atoms with Crippen LogP contribution in [-0.2, 0) is 4.79 Å². The summed E-state index contributed by atoms with van der Waals surface area (Å²) in [4.78, 5) is 13.7. The average Bonchev–Trinajstić information content (AvgIpc) is 2.99. The minimum Gasteiger partial charge on any atom is -0.548 e. The predicted molar refractivity (Wildman–Crippen MR) is 93.3 cm³/mol. The Morgan fingerprint density at radius 3 is 2.56 bits per heavy atom. The first-order chi connectivity index (χ1) is 13.0. The number of hydrogen-bond donors (Lipinski definition) is 0. The highest BCUT2D eigenvalue weighted by molar-refractivity contribution is 5.86. The Balaban J connectivity index is 2.01. The second kappa shape index (κ2) is 5.96. The van der Waals surface area contributed by atoms with Crippen molar-refractivity contribution in [3.63, 3.8) is 0 Å². The molecule has 132 valence electrons. The molecular formula is C21H13FN3O2-. The fourth-order valence-corrected chi connectivity index (χ4v) is 4.28. The number of para-hydroxylation sites is 1. The third-order valence-electron chi connectivity index (χ3n) is 5.36. The molecular weight excluding hydrogens is 345 g/mol. The predicted octanol–water partition coefficient (Wildman–Crippen LogP) is 1.98. The molecule has 3 atom stereocenters. The largest absolute Gasteiger partial charge is 0.548 e. The van der Waals surface area contributed by atoms with Crippen LogP contribution in [-0.4, -0.2) is 18.1 Å². The average molecular weight is 358 g/mol. The molecule has 0 bridgehead atoms. The summed E-state index contributed by atoms with van der Waals surface area (Å²) in [6.07, 6.45) is 3.45. The third-order valence-corrected chi connectivity index (χ3v) is 5.36. The number of nitriles is 2. The second-order valence-electron chi connectivity index (χ2n) is 6.66. The Bertz CT molecular complexity index is 1040. The number of carboxylic acids is 1. The lowest BCUT2D eigenvalue weighted by molar-refractivity contribution is -0.307. The van der Waals surface area contributed by atoms with E-state index in [1.165, 1.54) is 18.2 Å². The van der Waals surface area contributed by atoms with Crippen LogP contribution in [0.5, 0.6) is 0 Å². The molecule has 2 heterocycles. The normalized spacial score (nSPS) is 24.4. The Hall–Kier alpha value is -3.64. The van der Waals surface area contributed by atoms with Crippen LogP contribution < -0.4 is 10.0 Å². The molecule has 0 amide bonds. The van der Waals surface area contributed by atoms with E-state index in [2.05, 4.69) is 0 Å². The van der Waals surface area contributed by atoms with Gasteiger partial charge in [0.15, 0.2) is 5.41 Å². The molecule has 0 saturated carbocycles. The summed E-state index contributed by atoms with van der Waals surface area (Å²) in [5.41, 5.74) is -0.0343. The zero-order chi connectivity index (χ0) is 19.2. The number of halogens is 1. The minimum atomic E-state index is -1.71. The summed E-state index contributed by atoms with van der Waals surface area (Å²) in [5.74, 6) is -3.05. The van der Waals surface area contributed by atoms with Crippen LogP contribution in [0.1, 0.15) is 17.0 Å². The molecule has 3 unspecified atom stereocenters. The monoisotopic (exact) mass is 358 g/mol. The number of hydrogen-bond acceptors (Lipinski definition) is 5. The van der Waals surface area contributed by atoms with E-state index >= 15 is 0 Å². The zero-order valence-corrected chi connectivity index (χ0v) is 14.0. The number of carbonyl (C=O) groups is 1. The van der Waals surface area contributed by atoms with Crippen molar-refractivity contribution in [1.82, 2.24) is 0 Å². The maximum absolute atomic E-state index is 13.9. The third kappa shape index (κ3) is 2.24. The number of carboxylic acid groups (broad SMARTS) is 1. The summed E-state index contributed by atoms with van der Waals surface area (Å²) in [7, 11) is 0. The summed E-state index contributed by atoms with van der Waals surface area (Å²) in [6, 6.07) is 14.5. The van der Waals surface area contributed by atoms with Crippen molar-refractivity contribution in [3.05, 3.63) is 71.6 Å². The van der Waals surface area contributed by atoms with Crippen LogP contribution in [0.15, 0.2) is 54.6 Å². The molecule has 0 aliphatic carbocycles. The van der Waals surface area contributed by atoms with Gasteiger partial charge in [0.2, 0.25) is 0 Å². The van der Waals surface area contributed by atoms with Crippen LogP contribution in [0.4, 0.5) is 10.1 Å². The van der Waals surface area contributed by atoms with Crippen LogP contribution in [0, 0.1) is 33.9 Å². The van der Waals surface area contributed by atoms with Gasteiger partial charge in [-0.15, -0.1) is 0 Å². The molecule has 5 nitrogen and oxygen atoms in total. The molecule has 1 saturated heterocycles. The molecule has 0 radical (unpaired) electrons. The quantitative estimate of drug-likeness (QED) is 0.819. The minimum absolute atomic E-state index is 0.285. The molecule has 0 N–H and O–H groups in total. The fraction of sp³-hybridized carbons (Fsp3) is 0.190. The lowest BCUT2D eigenvalue weighted by Crippen LogP contribution is -2.49. The van der Waals surface area contributed by atoms with Crippen molar-refractivity contribution < 1.29 is 14.3 Å². The first kappa shape index (κ1) is 16.8. The van der Waals surface area contributed by atoms with Gasteiger partial charge < -0.3 is 14.8 Å². The lowest BCUT2D eigenvalue weighted by Gasteiger charge is -2.36. The molecule has 4 rings (SSSR count). The van der Waals surface area contributed by atoms with Gasteiger partial charge in [0, 0.05) is 11.6 Å². The van der Waals surface area contributed by atoms with Gasteiger partial charge in [-0.2, -0.15) is 10.5 Å². The van der Waals surface area contributed by atoms with Crippen LogP contribution in [0.3, 0.4) is 0 Å². The van der Waals surface area contributed by atoms with Gasteiger partial charge >= 0.3 is 0 Å². The van der Waals surface area contributed by atoms with Crippen LogP contribution >= 0.6 is 0 Å². The molecule has 0 spiro atoms. The van der Waals surface area contributed by atoms with E-state index in [0.29, 0.717) is 5.69 Å². The van der Waals surface area contributed by atoms with E-state index in [9.17, 15) is 24.8 Å². The topological polar surface area (TPSA) is 91.0 Å². The fourth-order valence-electron chi connectivity index (χ4n) is 4.28. The van der Waals surface area contributed by atoms with E-state index < -0.39 is 35.2 Å². The Kier molecular flexibility index (Phi) is 3.71. The molecule has 2 aromatic rings. The number of aliphatic carboxylic acids is 1. The molecule has 2 aromatic carbocycles. The maximum Gasteiger partial charge on any atom is 0.176 e. The highest BCUT2D eigenvalue weighted by Crippen LogP contribution is 2.54. The van der Waals surface area contributed by atoms with Gasteiger partial charge in [-0.05, 0) is 29.3 Å². The van der Waals surface area contributed by atoms with Crippen molar-refractivity contribution in [2.45, 2.75) is 18.0 Å². The molecule has 1 fully saturated rings. The summed E-state index contributed by atoms with van der Waals surface area (Å²) >= 11 is 0. The van der Waals surface area contributed by atoms with Crippen molar-refractivity contribution in [3.8, 4) is 12.1 Å². The van der Waals surface area contributed by atoms with Gasteiger partial charge in [0.05, 0.1) is 30.2 Å². The molecule has 2 aliphatic heterocycles. The van der Waals surface area contributed by atoms with E-state index in [-0.39, 0.29) is 5.56 Å². The Morgan fingerprint density at radius 2 is 1.89 bits per heavy atom. The van der Waals surface area contributed by atoms with E-state index in [1.54, 1.807) is 35.3 Å². The van der Waals surface area contributed by atoms with Crippen molar-refractivity contribution in [2.24, 2.45) is 5.41 Å². The SMILES string of the molecule is N#CC1(C#N)C(c2cccc(F)c2)C(C(=O)[O-])N2c3ccccc3C=CC21. The Labute approximate surface area is 155 Å². The number of benzene rings is 2. The van der Waals surface area contributed by atoms with Gasteiger partial charge in [0.25, 0.3) is 0 Å². The summed E-state index contributed by atoms with van der Waals surface area (Å²) in [6.45, 7) is 0. The smallest absolute Gasteiger partial charge is 0.176 e. The Morgan fingerprint density at radius 1 is 1.15 bits per heavy atom. The molecule has 2 aliphatic rings. The molecule has 6 heteroatoms. The highest BCUT2D eigenvalue weighted by atomic mass is 19.1. The van der Waals surface area contributed by atoms with Gasteiger partial charge in [-0.3, -0.25) is 0 Å². The van der Waals surface area contributed by atoms with Crippen molar-refractivity contribution in [1.29, 1.82) is 10.5 Å². The summed E-state index contributed by atoms with van der Waals surface area (Å²) in [5, 5.41) is 32.1. The first-order valence-corrected chi connectivity index (χ1v) is 8.38. The zero-order valence-electron chi connectivity index (χ0n) is 14.0. The van der Waals surface area contributed by atoms with Gasteiger partial charge in [0.1, 0.15) is 5.82 Å². The standard InChI is InChI=1S/C21H14FN3O2/c22-15-6-3-5-14(10-15)18-19(20(26)27)25-16-7-2-1-4-13(16)8-9-17(25)21(18,11-23)12-24/h1-10,17-19H,(H,26,27)/p-1. The summed E-state index contributed by atoms with van der Waals surface area (Å²) < 4.78 is 13.9.